The normalized spacial score (nSPS) is 12.0. The average molecular weight is 458 g/mol. The second kappa shape index (κ2) is 9.24. The predicted octanol–water partition coefficient (Wildman–Crippen LogP) is 5.74. The topological polar surface area (TPSA) is 64.0 Å². The third-order valence-electron chi connectivity index (χ3n) is 5.87. The molecule has 0 fully saturated rings. The summed E-state index contributed by atoms with van der Waals surface area (Å²) in [6, 6.07) is 19.1. The zero-order chi connectivity index (χ0) is 23.7. The number of carbonyl (C=O) groups excluding carboxylic acids is 1. The Morgan fingerprint density at radius 1 is 0.909 bits per heavy atom. The monoisotopic (exact) mass is 457 g/mol. The summed E-state index contributed by atoms with van der Waals surface area (Å²) in [5.41, 5.74) is 6.30. The highest BCUT2D eigenvalue weighted by Crippen LogP contribution is 2.28. The van der Waals surface area contributed by atoms with Gasteiger partial charge in [0, 0.05) is 5.69 Å². The summed E-state index contributed by atoms with van der Waals surface area (Å²) in [6.07, 6.45) is 0. The predicted molar refractivity (Wildman–Crippen MR) is 137 cm³/mol. The van der Waals surface area contributed by atoms with E-state index in [2.05, 4.69) is 5.32 Å². The molecule has 3 aromatic carbocycles. The molecule has 0 spiro atoms. The Labute approximate surface area is 197 Å². The molecule has 0 aliphatic carbocycles. The standard InChI is InChI=1S/C27H27N3O2S/c1-16-13-14-21(15-19(16)4)30-26(32)22-11-6-7-12-23(22)28-27(30)33-20(5)25(31)29-24-17(2)9-8-10-18(24)3/h6-15,20H,1-5H3,(H,29,31). The zero-order valence-corrected chi connectivity index (χ0v) is 20.3. The molecule has 1 aromatic heterocycles. The van der Waals surface area contributed by atoms with Gasteiger partial charge in [-0.1, -0.05) is 48.2 Å². The van der Waals surface area contributed by atoms with Crippen molar-refractivity contribution in [1.29, 1.82) is 0 Å². The van der Waals surface area contributed by atoms with E-state index < -0.39 is 5.25 Å². The lowest BCUT2D eigenvalue weighted by atomic mass is 10.1. The fourth-order valence-corrected chi connectivity index (χ4v) is 4.66. The Hall–Kier alpha value is -3.38. The van der Waals surface area contributed by atoms with Crippen LogP contribution in [0.4, 0.5) is 5.69 Å². The average Bonchev–Trinajstić information content (AvgIpc) is 2.78. The van der Waals surface area contributed by atoms with Crippen molar-refractivity contribution in [2.75, 3.05) is 5.32 Å². The Bertz CT molecular complexity index is 1400. The first-order valence-electron chi connectivity index (χ1n) is 10.9. The molecule has 1 atom stereocenters. The smallest absolute Gasteiger partial charge is 0.266 e. The number of fused-ring (bicyclic) bond motifs is 1. The number of aromatic nitrogens is 2. The van der Waals surface area contributed by atoms with Crippen LogP contribution < -0.4 is 10.9 Å². The van der Waals surface area contributed by atoms with E-state index in [4.69, 9.17) is 4.98 Å². The fourth-order valence-electron chi connectivity index (χ4n) is 3.73. The number of anilines is 1. The van der Waals surface area contributed by atoms with Crippen LogP contribution in [0.1, 0.15) is 29.2 Å². The summed E-state index contributed by atoms with van der Waals surface area (Å²) in [7, 11) is 0. The quantitative estimate of drug-likeness (QED) is 0.307. The molecule has 0 aliphatic rings. The van der Waals surface area contributed by atoms with Gasteiger partial charge >= 0.3 is 0 Å². The van der Waals surface area contributed by atoms with Gasteiger partial charge in [-0.2, -0.15) is 0 Å². The molecule has 1 N–H and O–H groups in total. The molecule has 0 aliphatic heterocycles. The maximum atomic E-state index is 13.5. The molecule has 168 valence electrons. The number of amides is 1. The van der Waals surface area contributed by atoms with Crippen LogP contribution in [0.15, 0.2) is 70.6 Å². The van der Waals surface area contributed by atoms with Gasteiger partial charge in [0.2, 0.25) is 5.91 Å². The number of nitrogens with one attached hydrogen (secondary N) is 1. The second-order valence-corrected chi connectivity index (χ2v) is 9.64. The highest BCUT2D eigenvalue weighted by Gasteiger charge is 2.21. The molecule has 1 amide bonds. The molecule has 33 heavy (non-hydrogen) atoms. The van der Waals surface area contributed by atoms with Gasteiger partial charge in [-0.25, -0.2) is 4.98 Å². The summed E-state index contributed by atoms with van der Waals surface area (Å²) in [5.74, 6) is -0.133. The molecule has 5 nitrogen and oxygen atoms in total. The molecule has 1 unspecified atom stereocenters. The van der Waals surface area contributed by atoms with Gasteiger partial charge in [0.15, 0.2) is 5.16 Å². The van der Waals surface area contributed by atoms with Crippen LogP contribution in [0.25, 0.3) is 16.6 Å². The number of benzene rings is 3. The summed E-state index contributed by atoms with van der Waals surface area (Å²) >= 11 is 1.28. The van der Waals surface area contributed by atoms with Gasteiger partial charge in [-0.05, 0) is 81.1 Å². The third kappa shape index (κ3) is 4.57. The molecular formula is C27H27N3O2S. The van der Waals surface area contributed by atoms with E-state index in [1.54, 1.807) is 10.6 Å². The van der Waals surface area contributed by atoms with Crippen molar-refractivity contribution in [3.8, 4) is 5.69 Å². The Kier molecular flexibility index (Phi) is 6.38. The SMILES string of the molecule is Cc1ccc(-n2c(SC(C)C(=O)Nc3c(C)cccc3C)nc3ccccc3c2=O)cc1C. The van der Waals surface area contributed by atoms with Gasteiger partial charge in [0.25, 0.3) is 5.56 Å². The van der Waals surface area contributed by atoms with Crippen LogP contribution in [0.5, 0.6) is 0 Å². The number of rotatable bonds is 5. The van der Waals surface area contributed by atoms with E-state index in [0.717, 1.165) is 33.6 Å². The lowest BCUT2D eigenvalue weighted by Gasteiger charge is -2.18. The number of aryl methyl sites for hydroxylation is 4. The summed E-state index contributed by atoms with van der Waals surface area (Å²) in [4.78, 5) is 31.3. The number of hydrogen-bond donors (Lipinski definition) is 1. The first-order valence-corrected chi connectivity index (χ1v) is 11.8. The molecule has 0 bridgehead atoms. The molecule has 1 heterocycles. The fraction of sp³-hybridized carbons (Fsp3) is 0.222. The van der Waals surface area contributed by atoms with Crippen molar-refractivity contribution >= 4 is 34.3 Å². The third-order valence-corrected chi connectivity index (χ3v) is 6.93. The van der Waals surface area contributed by atoms with E-state index in [0.29, 0.717) is 16.1 Å². The number of thioether (sulfide) groups is 1. The van der Waals surface area contributed by atoms with Gasteiger partial charge < -0.3 is 5.32 Å². The first-order chi connectivity index (χ1) is 15.8. The number of nitrogens with zero attached hydrogens (tertiary/aromatic N) is 2. The van der Waals surface area contributed by atoms with Crippen molar-refractivity contribution in [3.05, 3.63) is 93.3 Å². The van der Waals surface area contributed by atoms with Gasteiger partial charge in [-0.15, -0.1) is 0 Å². The van der Waals surface area contributed by atoms with Gasteiger partial charge in [-0.3, -0.25) is 14.2 Å². The largest absolute Gasteiger partial charge is 0.325 e. The lowest BCUT2D eigenvalue weighted by molar-refractivity contribution is -0.115. The Morgan fingerprint density at radius 3 is 2.30 bits per heavy atom. The van der Waals surface area contributed by atoms with Crippen molar-refractivity contribution < 1.29 is 4.79 Å². The summed E-state index contributed by atoms with van der Waals surface area (Å²) < 4.78 is 1.61. The van der Waals surface area contributed by atoms with Crippen molar-refractivity contribution in [2.24, 2.45) is 0 Å². The van der Waals surface area contributed by atoms with Crippen LogP contribution in [-0.4, -0.2) is 20.7 Å². The zero-order valence-electron chi connectivity index (χ0n) is 19.5. The maximum Gasteiger partial charge on any atom is 0.266 e. The minimum atomic E-state index is -0.463. The molecule has 0 saturated heterocycles. The van der Waals surface area contributed by atoms with Crippen LogP contribution in [0.3, 0.4) is 0 Å². The van der Waals surface area contributed by atoms with Gasteiger partial charge in [0.05, 0.1) is 21.8 Å². The van der Waals surface area contributed by atoms with Crippen molar-refractivity contribution in [3.63, 3.8) is 0 Å². The number of hydrogen-bond acceptors (Lipinski definition) is 4. The highest BCUT2D eigenvalue weighted by molar-refractivity contribution is 8.00. The van der Waals surface area contributed by atoms with Crippen molar-refractivity contribution in [2.45, 2.75) is 45.0 Å². The number of para-hydroxylation sites is 2. The van der Waals surface area contributed by atoms with E-state index in [1.165, 1.54) is 11.8 Å². The Balaban J connectivity index is 1.75. The van der Waals surface area contributed by atoms with Crippen LogP contribution in [0.2, 0.25) is 0 Å². The van der Waals surface area contributed by atoms with Crippen LogP contribution in [-0.2, 0) is 4.79 Å². The van der Waals surface area contributed by atoms with Crippen LogP contribution >= 0.6 is 11.8 Å². The molecule has 4 rings (SSSR count). The van der Waals surface area contributed by atoms with Crippen LogP contribution in [0, 0.1) is 27.7 Å². The summed E-state index contributed by atoms with van der Waals surface area (Å²) in [6.45, 7) is 9.84. The second-order valence-electron chi connectivity index (χ2n) is 8.34. The first kappa shape index (κ1) is 22.8. The molecule has 0 saturated carbocycles. The molecule has 0 radical (unpaired) electrons. The molecule has 6 heteroatoms. The minimum absolute atomic E-state index is 0.133. The highest BCUT2D eigenvalue weighted by atomic mass is 32.2. The summed E-state index contributed by atoms with van der Waals surface area (Å²) in [5, 5.41) is 3.63. The van der Waals surface area contributed by atoms with E-state index in [-0.39, 0.29) is 11.5 Å². The molecule has 4 aromatic rings. The van der Waals surface area contributed by atoms with E-state index >= 15 is 0 Å². The minimum Gasteiger partial charge on any atom is -0.325 e. The Morgan fingerprint density at radius 2 is 1.61 bits per heavy atom. The lowest BCUT2D eigenvalue weighted by Crippen LogP contribution is -2.26. The van der Waals surface area contributed by atoms with E-state index in [9.17, 15) is 9.59 Å². The molecular weight excluding hydrogens is 430 g/mol. The van der Waals surface area contributed by atoms with Crippen molar-refractivity contribution in [1.82, 2.24) is 9.55 Å². The van der Waals surface area contributed by atoms with Gasteiger partial charge in [0.1, 0.15) is 0 Å². The number of carbonyl (C=O) groups is 1. The maximum absolute atomic E-state index is 13.5. The van der Waals surface area contributed by atoms with E-state index in [1.807, 2.05) is 89.2 Å².